The van der Waals surface area contributed by atoms with Crippen LogP contribution in [0.5, 0.6) is 11.5 Å². The van der Waals surface area contributed by atoms with Gasteiger partial charge in [-0.1, -0.05) is 43.8 Å². The van der Waals surface area contributed by atoms with E-state index in [1.807, 2.05) is 36.4 Å². The van der Waals surface area contributed by atoms with Gasteiger partial charge in [0.1, 0.15) is 17.5 Å². The second-order valence-electron chi connectivity index (χ2n) is 6.55. The third kappa shape index (κ3) is 5.36. The number of rotatable bonds is 10. The van der Waals surface area contributed by atoms with Crippen molar-refractivity contribution in [1.82, 2.24) is 0 Å². The molecule has 0 unspecified atom stereocenters. The third-order valence-electron chi connectivity index (χ3n) is 4.47. The largest absolute Gasteiger partial charge is 0.496 e. The predicted molar refractivity (Wildman–Crippen MR) is 112 cm³/mol. The van der Waals surface area contributed by atoms with Crippen molar-refractivity contribution in [1.29, 1.82) is 0 Å². The van der Waals surface area contributed by atoms with Crippen LogP contribution in [-0.4, -0.2) is 32.8 Å². The van der Waals surface area contributed by atoms with Crippen LogP contribution in [0.1, 0.15) is 35.6 Å². The molecular formula is C23H29NO4. The van der Waals surface area contributed by atoms with Crippen molar-refractivity contribution in [2.75, 3.05) is 20.8 Å². The first-order valence-electron chi connectivity index (χ1n) is 9.40. The number of carbonyl (C=O) groups excluding carboxylic acids is 1. The van der Waals surface area contributed by atoms with Crippen LogP contribution in [0.3, 0.4) is 0 Å². The average molecular weight is 383 g/mol. The van der Waals surface area contributed by atoms with E-state index in [-0.39, 0.29) is 0 Å². The van der Waals surface area contributed by atoms with Gasteiger partial charge < -0.3 is 19.9 Å². The summed E-state index contributed by atoms with van der Waals surface area (Å²) in [6, 6.07) is 11.2. The highest BCUT2D eigenvalue weighted by molar-refractivity contribution is 5.75. The number of methoxy groups -OCH3 is 2. The highest BCUT2D eigenvalue weighted by atomic mass is 16.5. The lowest BCUT2D eigenvalue weighted by Gasteiger charge is -2.18. The molecule has 2 aromatic carbocycles. The predicted octanol–water partition coefficient (Wildman–Crippen LogP) is 3.76. The summed E-state index contributed by atoms with van der Waals surface area (Å²) in [4.78, 5) is 11.6. The van der Waals surface area contributed by atoms with E-state index in [4.69, 9.17) is 19.9 Å². The summed E-state index contributed by atoms with van der Waals surface area (Å²) in [6.07, 6.45) is 3.75. The lowest BCUT2D eigenvalue weighted by molar-refractivity contribution is -0.142. The number of benzene rings is 2. The molecule has 2 aromatic rings. The standard InChI is InChI=1S/C23H29NO4/c1-5-12-28-22-18(6-2)10-11-21(26-3)19(22)14-16-8-7-9-17(13-16)15-20(24)23(25)27-4/h6-11,13,20H,2,5,12,14-15,24H2,1,3-4H3/t20-/m0/s1. The lowest BCUT2D eigenvalue weighted by Crippen LogP contribution is -2.33. The van der Waals surface area contributed by atoms with Gasteiger partial charge in [0.05, 0.1) is 20.8 Å². The summed E-state index contributed by atoms with van der Waals surface area (Å²) >= 11 is 0. The van der Waals surface area contributed by atoms with Crippen molar-refractivity contribution in [3.05, 3.63) is 65.2 Å². The van der Waals surface area contributed by atoms with Crippen LogP contribution < -0.4 is 15.2 Å². The van der Waals surface area contributed by atoms with E-state index >= 15 is 0 Å². The summed E-state index contributed by atoms with van der Waals surface area (Å²) in [6.45, 7) is 6.59. The molecule has 0 aliphatic carbocycles. The highest BCUT2D eigenvalue weighted by Crippen LogP contribution is 2.35. The summed E-state index contributed by atoms with van der Waals surface area (Å²) < 4.78 is 16.3. The van der Waals surface area contributed by atoms with Gasteiger partial charge in [0.15, 0.2) is 0 Å². The molecule has 0 saturated heterocycles. The van der Waals surface area contributed by atoms with Gasteiger partial charge in [-0.05, 0) is 36.1 Å². The molecule has 28 heavy (non-hydrogen) atoms. The van der Waals surface area contributed by atoms with E-state index in [1.165, 1.54) is 7.11 Å². The van der Waals surface area contributed by atoms with Crippen molar-refractivity contribution in [2.24, 2.45) is 5.73 Å². The molecule has 2 rings (SSSR count). The van der Waals surface area contributed by atoms with Crippen LogP contribution in [0, 0.1) is 0 Å². The van der Waals surface area contributed by atoms with Gasteiger partial charge in [0.25, 0.3) is 0 Å². The molecule has 1 atom stereocenters. The quantitative estimate of drug-likeness (QED) is 0.633. The van der Waals surface area contributed by atoms with Gasteiger partial charge in [-0.2, -0.15) is 0 Å². The number of hydrogen-bond acceptors (Lipinski definition) is 5. The summed E-state index contributed by atoms with van der Waals surface area (Å²) in [5.41, 5.74) is 9.87. The number of nitrogens with two attached hydrogens (primary N) is 1. The Balaban J connectivity index is 2.35. The normalized spacial score (nSPS) is 11.6. The van der Waals surface area contributed by atoms with Crippen molar-refractivity contribution in [3.8, 4) is 11.5 Å². The second-order valence-corrected chi connectivity index (χ2v) is 6.55. The van der Waals surface area contributed by atoms with Crippen molar-refractivity contribution >= 4 is 12.0 Å². The Labute approximate surface area is 167 Å². The third-order valence-corrected chi connectivity index (χ3v) is 4.47. The molecule has 5 nitrogen and oxygen atoms in total. The van der Waals surface area contributed by atoms with Gasteiger partial charge in [0, 0.05) is 17.5 Å². The van der Waals surface area contributed by atoms with E-state index in [9.17, 15) is 4.79 Å². The molecule has 5 heteroatoms. The Morgan fingerprint density at radius 3 is 2.61 bits per heavy atom. The van der Waals surface area contributed by atoms with E-state index in [0.717, 1.165) is 40.2 Å². The first-order valence-corrected chi connectivity index (χ1v) is 9.40. The maximum Gasteiger partial charge on any atom is 0.322 e. The van der Waals surface area contributed by atoms with E-state index in [0.29, 0.717) is 19.4 Å². The fourth-order valence-electron chi connectivity index (χ4n) is 3.08. The summed E-state index contributed by atoms with van der Waals surface area (Å²) in [5, 5.41) is 0. The number of esters is 1. The Morgan fingerprint density at radius 2 is 1.96 bits per heavy atom. The first kappa shape index (κ1) is 21.5. The molecule has 0 aromatic heterocycles. The monoisotopic (exact) mass is 383 g/mol. The number of carbonyl (C=O) groups is 1. The molecule has 0 bridgehead atoms. The molecule has 2 N–H and O–H groups in total. The Hall–Kier alpha value is -2.79. The fraction of sp³-hybridized carbons (Fsp3) is 0.348. The Morgan fingerprint density at radius 1 is 1.21 bits per heavy atom. The second kappa shape index (κ2) is 10.5. The van der Waals surface area contributed by atoms with Crippen LogP contribution >= 0.6 is 0 Å². The smallest absolute Gasteiger partial charge is 0.322 e. The molecule has 0 radical (unpaired) electrons. The first-order chi connectivity index (χ1) is 13.5. The fourth-order valence-corrected chi connectivity index (χ4v) is 3.08. The summed E-state index contributed by atoms with van der Waals surface area (Å²) in [5.74, 6) is 1.15. The van der Waals surface area contributed by atoms with Gasteiger partial charge in [0.2, 0.25) is 0 Å². The minimum Gasteiger partial charge on any atom is -0.496 e. The molecule has 0 fully saturated rings. The van der Waals surface area contributed by atoms with Crippen LogP contribution in [0.15, 0.2) is 43.0 Å². The molecule has 150 valence electrons. The number of hydrogen-bond donors (Lipinski definition) is 1. The minimum atomic E-state index is -0.678. The van der Waals surface area contributed by atoms with E-state index < -0.39 is 12.0 Å². The van der Waals surface area contributed by atoms with E-state index in [1.54, 1.807) is 13.2 Å². The van der Waals surface area contributed by atoms with Crippen LogP contribution in [0.4, 0.5) is 0 Å². The zero-order valence-electron chi connectivity index (χ0n) is 16.9. The minimum absolute atomic E-state index is 0.416. The number of ether oxygens (including phenoxy) is 3. The molecule has 0 aliphatic rings. The summed E-state index contributed by atoms with van der Waals surface area (Å²) in [7, 11) is 3.00. The van der Waals surface area contributed by atoms with Gasteiger partial charge in [-0.3, -0.25) is 4.79 Å². The maximum atomic E-state index is 11.6. The zero-order chi connectivity index (χ0) is 20.5. The van der Waals surface area contributed by atoms with Crippen LogP contribution in [0.25, 0.3) is 6.08 Å². The Kier molecular flexibility index (Phi) is 8.08. The average Bonchev–Trinajstić information content (AvgIpc) is 2.72. The molecule has 0 amide bonds. The maximum absolute atomic E-state index is 11.6. The van der Waals surface area contributed by atoms with Crippen LogP contribution in [0.2, 0.25) is 0 Å². The van der Waals surface area contributed by atoms with Gasteiger partial charge in [-0.15, -0.1) is 0 Å². The van der Waals surface area contributed by atoms with Crippen LogP contribution in [-0.2, 0) is 22.4 Å². The van der Waals surface area contributed by atoms with Crippen molar-refractivity contribution < 1.29 is 19.0 Å². The molecule has 0 saturated carbocycles. The van der Waals surface area contributed by atoms with Crippen molar-refractivity contribution in [3.63, 3.8) is 0 Å². The zero-order valence-corrected chi connectivity index (χ0v) is 16.9. The lowest BCUT2D eigenvalue weighted by atomic mass is 9.97. The molecular weight excluding hydrogens is 354 g/mol. The topological polar surface area (TPSA) is 70.8 Å². The van der Waals surface area contributed by atoms with Crippen molar-refractivity contribution in [2.45, 2.75) is 32.2 Å². The Bertz CT molecular complexity index is 816. The molecule has 0 heterocycles. The van der Waals surface area contributed by atoms with Gasteiger partial charge in [-0.25, -0.2) is 0 Å². The van der Waals surface area contributed by atoms with E-state index in [2.05, 4.69) is 13.5 Å². The SMILES string of the molecule is C=Cc1ccc(OC)c(Cc2cccc(C[C@H](N)C(=O)OC)c2)c1OCCC. The molecule has 0 aliphatic heterocycles. The molecule has 0 spiro atoms. The highest BCUT2D eigenvalue weighted by Gasteiger charge is 2.17. The van der Waals surface area contributed by atoms with Gasteiger partial charge >= 0.3 is 5.97 Å².